The molecule has 0 aliphatic carbocycles. The summed E-state index contributed by atoms with van der Waals surface area (Å²) in [6, 6.07) is -0.903. The first-order chi connectivity index (χ1) is 11.0. The maximum absolute atomic E-state index is 12.4. The molecular formula is C15H21F3N4O2. The second-order valence-corrected chi connectivity index (χ2v) is 6.15. The van der Waals surface area contributed by atoms with Crippen LogP contribution < -0.4 is 5.32 Å². The SMILES string of the molecule is Cc1nn(C)c(C)c1C(C)C(=O)NC1CCN(CC(F)(F)F)C1=O. The quantitative estimate of drug-likeness (QED) is 0.897. The molecule has 1 fully saturated rings. The molecule has 1 saturated heterocycles. The summed E-state index contributed by atoms with van der Waals surface area (Å²) in [6.45, 7) is 4.03. The average molecular weight is 346 g/mol. The van der Waals surface area contributed by atoms with Crippen molar-refractivity contribution in [2.24, 2.45) is 7.05 Å². The van der Waals surface area contributed by atoms with E-state index in [9.17, 15) is 22.8 Å². The van der Waals surface area contributed by atoms with Crippen LogP contribution in [-0.4, -0.2) is 51.8 Å². The summed E-state index contributed by atoms with van der Waals surface area (Å²) in [4.78, 5) is 25.2. The minimum Gasteiger partial charge on any atom is -0.344 e. The van der Waals surface area contributed by atoms with Crippen molar-refractivity contribution in [3.05, 3.63) is 17.0 Å². The van der Waals surface area contributed by atoms with Crippen LogP contribution in [0.4, 0.5) is 13.2 Å². The third kappa shape index (κ3) is 3.70. The van der Waals surface area contributed by atoms with Crippen molar-refractivity contribution in [3.8, 4) is 0 Å². The Morgan fingerprint density at radius 1 is 1.42 bits per heavy atom. The molecule has 24 heavy (non-hydrogen) atoms. The Kier molecular flexibility index (Phi) is 4.91. The summed E-state index contributed by atoms with van der Waals surface area (Å²) >= 11 is 0. The number of likely N-dealkylation sites (tertiary alicyclic amines) is 1. The van der Waals surface area contributed by atoms with Gasteiger partial charge in [0.1, 0.15) is 12.6 Å². The Balaban J connectivity index is 2.04. The van der Waals surface area contributed by atoms with Crippen molar-refractivity contribution in [3.63, 3.8) is 0 Å². The highest BCUT2D eigenvalue weighted by atomic mass is 19.4. The third-order valence-corrected chi connectivity index (χ3v) is 4.38. The fourth-order valence-electron chi connectivity index (χ4n) is 3.09. The second-order valence-electron chi connectivity index (χ2n) is 6.15. The number of rotatable bonds is 4. The van der Waals surface area contributed by atoms with Crippen LogP contribution in [0.25, 0.3) is 0 Å². The van der Waals surface area contributed by atoms with Gasteiger partial charge in [-0.25, -0.2) is 0 Å². The zero-order chi connectivity index (χ0) is 18.2. The monoisotopic (exact) mass is 346 g/mol. The predicted molar refractivity (Wildman–Crippen MR) is 80.3 cm³/mol. The normalized spacial score (nSPS) is 19.7. The summed E-state index contributed by atoms with van der Waals surface area (Å²) in [7, 11) is 1.77. The Hall–Kier alpha value is -2.06. The number of hydrogen-bond acceptors (Lipinski definition) is 3. The molecule has 1 aromatic heterocycles. The van der Waals surface area contributed by atoms with E-state index >= 15 is 0 Å². The lowest BCUT2D eigenvalue weighted by Crippen LogP contribution is -2.45. The van der Waals surface area contributed by atoms with Crippen LogP contribution in [0.3, 0.4) is 0 Å². The lowest BCUT2D eigenvalue weighted by atomic mass is 9.98. The van der Waals surface area contributed by atoms with E-state index < -0.39 is 30.6 Å². The Labute approximate surface area is 138 Å². The molecule has 6 nitrogen and oxygen atoms in total. The van der Waals surface area contributed by atoms with Crippen molar-refractivity contribution >= 4 is 11.8 Å². The number of carbonyl (C=O) groups excluding carboxylic acids is 2. The minimum absolute atomic E-state index is 0.0113. The number of hydrogen-bond donors (Lipinski definition) is 1. The van der Waals surface area contributed by atoms with E-state index in [2.05, 4.69) is 10.4 Å². The summed E-state index contributed by atoms with van der Waals surface area (Å²) in [5.74, 6) is -1.61. The van der Waals surface area contributed by atoms with Crippen molar-refractivity contribution in [1.82, 2.24) is 20.0 Å². The number of nitrogens with zero attached hydrogens (tertiary/aromatic N) is 3. The zero-order valence-corrected chi connectivity index (χ0v) is 14.1. The molecule has 9 heteroatoms. The van der Waals surface area contributed by atoms with E-state index in [1.165, 1.54) is 0 Å². The van der Waals surface area contributed by atoms with E-state index in [-0.39, 0.29) is 18.9 Å². The lowest BCUT2D eigenvalue weighted by molar-refractivity contribution is -0.158. The number of halogens is 3. The van der Waals surface area contributed by atoms with Crippen LogP contribution in [0.5, 0.6) is 0 Å². The maximum atomic E-state index is 12.4. The van der Waals surface area contributed by atoms with Crippen LogP contribution in [0.2, 0.25) is 0 Å². The molecule has 2 atom stereocenters. The van der Waals surface area contributed by atoms with Gasteiger partial charge in [-0.15, -0.1) is 0 Å². The summed E-state index contributed by atoms with van der Waals surface area (Å²) in [5.41, 5.74) is 2.33. The first-order valence-corrected chi connectivity index (χ1v) is 7.67. The third-order valence-electron chi connectivity index (χ3n) is 4.38. The Morgan fingerprint density at radius 3 is 2.54 bits per heavy atom. The predicted octanol–water partition coefficient (Wildman–Crippen LogP) is 1.42. The molecule has 2 heterocycles. The van der Waals surface area contributed by atoms with Gasteiger partial charge in [-0.05, 0) is 27.2 Å². The van der Waals surface area contributed by atoms with Crippen LogP contribution in [-0.2, 0) is 16.6 Å². The first-order valence-electron chi connectivity index (χ1n) is 7.67. The Bertz CT molecular complexity index is 654. The molecule has 1 aromatic rings. The van der Waals surface area contributed by atoms with E-state index in [1.807, 2.05) is 6.92 Å². The summed E-state index contributed by atoms with van der Waals surface area (Å²) < 4.78 is 38.9. The highest BCUT2D eigenvalue weighted by molar-refractivity contribution is 5.91. The van der Waals surface area contributed by atoms with Crippen LogP contribution >= 0.6 is 0 Å². The fourth-order valence-corrected chi connectivity index (χ4v) is 3.09. The fraction of sp³-hybridized carbons (Fsp3) is 0.667. The maximum Gasteiger partial charge on any atom is 0.406 e. The zero-order valence-electron chi connectivity index (χ0n) is 14.1. The van der Waals surface area contributed by atoms with Crippen molar-refractivity contribution in [1.29, 1.82) is 0 Å². The van der Waals surface area contributed by atoms with Gasteiger partial charge in [-0.2, -0.15) is 18.3 Å². The average Bonchev–Trinajstić information content (AvgIpc) is 2.90. The molecule has 1 aliphatic rings. The number of nitrogens with one attached hydrogen (secondary N) is 1. The molecule has 2 amide bonds. The first kappa shape index (κ1) is 18.3. The van der Waals surface area contributed by atoms with Crippen molar-refractivity contribution in [2.75, 3.05) is 13.1 Å². The highest BCUT2D eigenvalue weighted by Crippen LogP contribution is 2.24. The molecule has 0 aromatic carbocycles. The number of aromatic nitrogens is 2. The summed E-state index contributed by atoms with van der Waals surface area (Å²) in [6.07, 6.45) is -4.26. The Morgan fingerprint density at radius 2 is 2.04 bits per heavy atom. The number of aryl methyl sites for hydroxylation is 2. The molecule has 1 N–H and O–H groups in total. The van der Waals surface area contributed by atoms with Gasteiger partial charge in [-0.1, -0.05) is 0 Å². The molecule has 0 spiro atoms. The molecule has 2 unspecified atom stereocenters. The van der Waals surface area contributed by atoms with E-state index in [1.54, 1.807) is 25.6 Å². The molecule has 0 saturated carbocycles. The van der Waals surface area contributed by atoms with E-state index in [4.69, 9.17) is 0 Å². The van der Waals surface area contributed by atoms with Crippen LogP contribution in [0.15, 0.2) is 0 Å². The molecule has 2 rings (SSSR count). The highest BCUT2D eigenvalue weighted by Gasteiger charge is 2.40. The van der Waals surface area contributed by atoms with Gasteiger partial charge in [0.05, 0.1) is 11.6 Å². The largest absolute Gasteiger partial charge is 0.406 e. The van der Waals surface area contributed by atoms with Crippen molar-refractivity contribution in [2.45, 2.75) is 45.3 Å². The van der Waals surface area contributed by atoms with Gasteiger partial charge in [0.2, 0.25) is 11.8 Å². The number of carbonyl (C=O) groups is 2. The lowest BCUT2D eigenvalue weighted by Gasteiger charge is -2.20. The van der Waals surface area contributed by atoms with Gasteiger partial charge in [0.15, 0.2) is 0 Å². The summed E-state index contributed by atoms with van der Waals surface area (Å²) in [5, 5.41) is 6.82. The van der Waals surface area contributed by atoms with E-state index in [0.717, 1.165) is 16.2 Å². The van der Waals surface area contributed by atoms with Gasteiger partial charge in [0.25, 0.3) is 0 Å². The molecule has 0 bridgehead atoms. The minimum atomic E-state index is -4.44. The standard InChI is InChI=1S/C15H21F3N4O2/c1-8(12-9(2)20-21(4)10(12)3)13(23)19-11-5-6-22(14(11)24)7-15(16,17)18/h8,11H,5-7H2,1-4H3,(H,19,23). The van der Waals surface area contributed by atoms with Gasteiger partial charge in [-0.3, -0.25) is 14.3 Å². The smallest absolute Gasteiger partial charge is 0.344 e. The molecule has 0 radical (unpaired) electrons. The molecular weight excluding hydrogens is 325 g/mol. The van der Waals surface area contributed by atoms with Crippen LogP contribution in [0.1, 0.15) is 36.2 Å². The van der Waals surface area contributed by atoms with Gasteiger partial charge >= 0.3 is 6.18 Å². The molecule has 1 aliphatic heterocycles. The topological polar surface area (TPSA) is 67.2 Å². The number of alkyl halides is 3. The molecule has 134 valence electrons. The van der Waals surface area contributed by atoms with Gasteiger partial charge in [0, 0.05) is 24.8 Å². The van der Waals surface area contributed by atoms with E-state index in [0.29, 0.717) is 5.69 Å². The number of amides is 2. The van der Waals surface area contributed by atoms with Crippen molar-refractivity contribution < 1.29 is 22.8 Å². The van der Waals surface area contributed by atoms with Gasteiger partial charge < -0.3 is 10.2 Å². The van der Waals surface area contributed by atoms with Crippen LogP contribution in [0, 0.1) is 13.8 Å². The second kappa shape index (κ2) is 6.45.